The molecule has 0 aliphatic carbocycles. The van der Waals surface area contributed by atoms with Crippen molar-refractivity contribution in [3.63, 3.8) is 0 Å². The molecule has 0 heterocycles. The summed E-state index contributed by atoms with van der Waals surface area (Å²) < 4.78 is 13.4. The molecule has 0 unspecified atom stereocenters. The third-order valence-electron chi connectivity index (χ3n) is 3.32. The summed E-state index contributed by atoms with van der Waals surface area (Å²) in [4.78, 5) is 23.4. The number of carbonyl (C=O) groups is 2. The average Bonchev–Trinajstić information content (AvgIpc) is 2.57. The molecule has 2 N–H and O–H groups in total. The second kappa shape index (κ2) is 8.01. The van der Waals surface area contributed by atoms with Crippen LogP contribution in [0.5, 0.6) is 0 Å². The smallest absolute Gasteiger partial charge is 0.318 e. The fourth-order valence-corrected chi connectivity index (χ4v) is 1.93. The summed E-state index contributed by atoms with van der Waals surface area (Å²) >= 11 is 0. The van der Waals surface area contributed by atoms with E-state index in [1.165, 1.54) is 12.1 Å². The van der Waals surface area contributed by atoms with Crippen molar-refractivity contribution in [1.82, 2.24) is 5.43 Å². The van der Waals surface area contributed by atoms with E-state index >= 15 is 0 Å². The van der Waals surface area contributed by atoms with Crippen LogP contribution < -0.4 is 10.7 Å². The minimum Gasteiger partial charge on any atom is -0.318 e. The maximum atomic E-state index is 13.4. The molecular weight excluding hydrogens is 309 g/mol. The number of rotatable bonds is 4. The maximum Gasteiger partial charge on any atom is 0.329 e. The number of carbonyl (C=O) groups excluding carboxylic acids is 2. The number of halogens is 1. The molecule has 0 saturated carbocycles. The fraction of sp³-hybridized carbons (Fsp3) is 0.167. The molecule has 0 aliphatic heterocycles. The lowest BCUT2D eigenvalue weighted by atomic mass is 10.0. The van der Waals surface area contributed by atoms with Gasteiger partial charge in [0.15, 0.2) is 0 Å². The first-order valence-corrected chi connectivity index (χ1v) is 7.46. The quantitative estimate of drug-likeness (QED) is 0.515. The number of hydrogen-bond donors (Lipinski definition) is 2. The Morgan fingerprint density at radius 3 is 2.33 bits per heavy atom. The topological polar surface area (TPSA) is 70.6 Å². The molecule has 124 valence electrons. The van der Waals surface area contributed by atoms with Crippen LogP contribution in [-0.2, 0) is 9.59 Å². The molecule has 0 aliphatic rings. The third kappa shape index (κ3) is 4.74. The Morgan fingerprint density at radius 1 is 1.04 bits per heavy atom. The van der Waals surface area contributed by atoms with Crippen LogP contribution in [0.4, 0.5) is 10.1 Å². The van der Waals surface area contributed by atoms with E-state index < -0.39 is 17.6 Å². The van der Waals surface area contributed by atoms with Crippen LogP contribution in [0.25, 0.3) is 0 Å². The largest absolute Gasteiger partial charge is 0.329 e. The van der Waals surface area contributed by atoms with E-state index in [0.717, 1.165) is 11.8 Å². The average molecular weight is 327 g/mol. The van der Waals surface area contributed by atoms with Gasteiger partial charge in [0.2, 0.25) is 0 Å². The molecule has 0 saturated heterocycles. The first kappa shape index (κ1) is 17.3. The van der Waals surface area contributed by atoms with Gasteiger partial charge in [-0.15, -0.1) is 0 Å². The van der Waals surface area contributed by atoms with Gasteiger partial charge in [-0.3, -0.25) is 9.59 Å². The lowest BCUT2D eigenvalue weighted by Crippen LogP contribution is -2.32. The molecule has 0 fully saturated rings. The number of benzene rings is 2. The van der Waals surface area contributed by atoms with E-state index in [4.69, 9.17) is 0 Å². The molecule has 0 aromatic heterocycles. The van der Waals surface area contributed by atoms with Gasteiger partial charge in [0.25, 0.3) is 0 Å². The van der Waals surface area contributed by atoms with Gasteiger partial charge >= 0.3 is 11.8 Å². The van der Waals surface area contributed by atoms with Crippen molar-refractivity contribution in [2.75, 3.05) is 5.32 Å². The van der Waals surface area contributed by atoms with E-state index in [1.807, 2.05) is 12.1 Å². The Balaban J connectivity index is 1.90. The number of anilines is 1. The Labute approximate surface area is 139 Å². The molecule has 2 amide bonds. The van der Waals surface area contributed by atoms with Crippen molar-refractivity contribution in [1.29, 1.82) is 0 Å². The van der Waals surface area contributed by atoms with Crippen molar-refractivity contribution in [3.8, 4) is 0 Å². The van der Waals surface area contributed by atoms with Crippen molar-refractivity contribution >= 4 is 23.7 Å². The van der Waals surface area contributed by atoms with Gasteiger partial charge in [0.05, 0.1) is 6.21 Å². The van der Waals surface area contributed by atoms with E-state index in [1.54, 1.807) is 24.3 Å². The Bertz CT molecular complexity index is 755. The number of nitrogens with one attached hydrogen (secondary N) is 2. The number of hydrazone groups is 1. The lowest BCUT2D eigenvalue weighted by Gasteiger charge is -2.07. The highest BCUT2D eigenvalue weighted by Crippen LogP contribution is 2.16. The molecule has 0 bridgehead atoms. The van der Waals surface area contributed by atoms with Crippen LogP contribution >= 0.6 is 0 Å². The van der Waals surface area contributed by atoms with Gasteiger partial charge in [-0.1, -0.05) is 44.2 Å². The maximum absolute atomic E-state index is 13.4. The summed E-state index contributed by atoms with van der Waals surface area (Å²) in [6.07, 6.45) is 1.14. The Hall–Kier alpha value is -3.02. The molecular formula is C18H18FN3O2. The minimum absolute atomic E-state index is 0.211. The van der Waals surface area contributed by atoms with Gasteiger partial charge in [0, 0.05) is 11.3 Å². The van der Waals surface area contributed by atoms with E-state index in [2.05, 4.69) is 29.7 Å². The van der Waals surface area contributed by atoms with E-state index in [-0.39, 0.29) is 5.56 Å². The zero-order valence-corrected chi connectivity index (χ0v) is 13.4. The molecule has 24 heavy (non-hydrogen) atoms. The van der Waals surface area contributed by atoms with E-state index in [9.17, 15) is 14.0 Å². The summed E-state index contributed by atoms with van der Waals surface area (Å²) in [6.45, 7) is 4.13. The van der Waals surface area contributed by atoms with Gasteiger partial charge < -0.3 is 5.32 Å². The molecule has 2 aromatic rings. The molecule has 2 aromatic carbocycles. The van der Waals surface area contributed by atoms with Crippen LogP contribution in [0.2, 0.25) is 0 Å². The molecule has 2 rings (SSSR count). The van der Waals surface area contributed by atoms with Gasteiger partial charge in [-0.2, -0.15) is 5.10 Å². The normalized spacial score (nSPS) is 10.8. The first-order valence-electron chi connectivity index (χ1n) is 7.46. The van der Waals surface area contributed by atoms with Crippen LogP contribution in [0.3, 0.4) is 0 Å². The van der Waals surface area contributed by atoms with Crippen molar-refractivity contribution in [3.05, 3.63) is 65.5 Å². The monoisotopic (exact) mass is 327 g/mol. The summed E-state index contributed by atoms with van der Waals surface area (Å²) in [5.74, 6) is -1.87. The van der Waals surface area contributed by atoms with Crippen molar-refractivity contribution in [2.45, 2.75) is 19.8 Å². The predicted molar refractivity (Wildman–Crippen MR) is 91.3 cm³/mol. The SMILES string of the molecule is CC(C)c1ccc(NC(=O)C(=O)N/N=C\c2ccccc2F)cc1. The third-order valence-corrected chi connectivity index (χ3v) is 3.32. The van der Waals surface area contributed by atoms with Crippen LogP contribution in [-0.4, -0.2) is 18.0 Å². The van der Waals surface area contributed by atoms with Crippen LogP contribution in [0.15, 0.2) is 53.6 Å². The zero-order valence-electron chi connectivity index (χ0n) is 13.4. The highest BCUT2D eigenvalue weighted by Gasteiger charge is 2.13. The van der Waals surface area contributed by atoms with Gasteiger partial charge in [0.1, 0.15) is 5.82 Å². The summed E-state index contributed by atoms with van der Waals surface area (Å²) in [5, 5.41) is 6.05. The number of nitrogens with zero attached hydrogens (tertiary/aromatic N) is 1. The summed E-state index contributed by atoms with van der Waals surface area (Å²) in [5.41, 5.74) is 3.91. The van der Waals surface area contributed by atoms with Crippen LogP contribution in [0, 0.1) is 5.82 Å². The summed E-state index contributed by atoms with van der Waals surface area (Å²) in [7, 11) is 0. The second-order valence-corrected chi connectivity index (χ2v) is 5.45. The highest BCUT2D eigenvalue weighted by molar-refractivity contribution is 6.39. The predicted octanol–water partition coefficient (Wildman–Crippen LogP) is 3.04. The highest BCUT2D eigenvalue weighted by atomic mass is 19.1. The number of amides is 2. The molecule has 5 nitrogen and oxygen atoms in total. The Kier molecular flexibility index (Phi) is 5.78. The fourth-order valence-electron chi connectivity index (χ4n) is 1.93. The zero-order chi connectivity index (χ0) is 17.5. The first-order chi connectivity index (χ1) is 11.5. The summed E-state index contributed by atoms with van der Waals surface area (Å²) in [6, 6.07) is 13.2. The molecule has 0 atom stereocenters. The van der Waals surface area contributed by atoms with Crippen LogP contribution in [0.1, 0.15) is 30.9 Å². The number of hydrogen-bond acceptors (Lipinski definition) is 3. The molecule has 6 heteroatoms. The van der Waals surface area contributed by atoms with Crippen molar-refractivity contribution < 1.29 is 14.0 Å². The van der Waals surface area contributed by atoms with E-state index in [0.29, 0.717) is 11.6 Å². The van der Waals surface area contributed by atoms with Crippen molar-refractivity contribution in [2.24, 2.45) is 5.10 Å². The Morgan fingerprint density at radius 2 is 1.71 bits per heavy atom. The van der Waals surface area contributed by atoms with Gasteiger partial charge in [-0.05, 0) is 29.7 Å². The van der Waals surface area contributed by atoms with Gasteiger partial charge in [-0.25, -0.2) is 9.82 Å². The molecule has 0 radical (unpaired) electrons. The molecule has 0 spiro atoms. The standard InChI is InChI=1S/C18H18FN3O2/c1-12(2)13-7-9-15(10-8-13)21-17(23)18(24)22-20-11-14-5-3-4-6-16(14)19/h3-12H,1-2H3,(H,21,23)(H,22,24)/b20-11-. The lowest BCUT2D eigenvalue weighted by molar-refractivity contribution is -0.136. The minimum atomic E-state index is -0.935. The second-order valence-electron chi connectivity index (χ2n) is 5.45.